The van der Waals surface area contributed by atoms with Crippen molar-refractivity contribution in [3.63, 3.8) is 0 Å². The van der Waals surface area contributed by atoms with Crippen LogP contribution in [-0.2, 0) is 4.79 Å². The van der Waals surface area contributed by atoms with E-state index < -0.39 is 0 Å². The Balaban J connectivity index is 1.91. The van der Waals surface area contributed by atoms with E-state index in [1.54, 1.807) is 0 Å². The molecule has 1 aromatic carbocycles. The smallest absolute Gasteiger partial charge is 0.234 e. The van der Waals surface area contributed by atoms with Crippen molar-refractivity contribution in [3.8, 4) is 12.3 Å². The van der Waals surface area contributed by atoms with Gasteiger partial charge in [0.1, 0.15) is 0 Å². The van der Waals surface area contributed by atoms with Crippen molar-refractivity contribution in [2.75, 3.05) is 32.7 Å². The molecule has 1 saturated heterocycles. The summed E-state index contributed by atoms with van der Waals surface area (Å²) < 4.78 is 0. The van der Waals surface area contributed by atoms with E-state index in [1.807, 2.05) is 6.07 Å². The highest BCUT2D eigenvalue weighted by Crippen LogP contribution is 2.24. The zero-order chi connectivity index (χ0) is 14.9. The molecule has 0 saturated carbocycles. The molecule has 2 rings (SSSR count). The first-order chi connectivity index (χ1) is 10.3. The lowest BCUT2D eigenvalue weighted by Gasteiger charge is -2.28. The predicted molar refractivity (Wildman–Crippen MR) is 84.7 cm³/mol. The van der Waals surface area contributed by atoms with Crippen molar-refractivity contribution in [3.05, 3.63) is 35.9 Å². The van der Waals surface area contributed by atoms with Crippen LogP contribution in [0, 0.1) is 12.3 Å². The summed E-state index contributed by atoms with van der Waals surface area (Å²) in [5.74, 6) is 2.45. The molecule has 0 bridgehead atoms. The van der Waals surface area contributed by atoms with E-state index in [0.29, 0.717) is 13.1 Å². The average Bonchev–Trinajstić information content (AvgIpc) is 3.03. The van der Waals surface area contributed by atoms with Crippen molar-refractivity contribution >= 4 is 5.91 Å². The molecule has 1 atom stereocenters. The standard InChI is InChI=1S/C17H23N3O/c1-2-10-18-14-17(21)19-13-16(20-11-6-7-12-20)15-8-4-3-5-9-15/h1,3-5,8-9,16,18H,6-7,10-14H2,(H,19,21). The van der Waals surface area contributed by atoms with Crippen LogP contribution >= 0.6 is 0 Å². The van der Waals surface area contributed by atoms with E-state index >= 15 is 0 Å². The van der Waals surface area contributed by atoms with E-state index in [-0.39, 0.29) is 18.5 Å². The molecule has 21 heavy (non-hydrogen) atoms. The van der Waals surface area contributed by atoms with Crippen LogP contribution in [0.15, 0.2) is 30.3 Å². The Morgan fingerprint density at radius 2 is 2.00 bits per heavy atom. The maximum Gasteiger partial charge on any atom is 0.234 e. The first-order valence-corrected chi connectivity index (χ1v) is 7.51. The summed E-state index contributed by atoms with van der Waals surface area (Å²) in [6.45, 7) is 3.53. The topological polar surface area (TPSA) is 44.4 Å². The van der Waals surface area contributed by atoms with Crippen LogP contribution in [0.1, 0.15) is 24.4 Å². The van der Waals surface area contributed by atoms with Gasteiger partial charge in [-0.15, -0.1) is 6.42 Å². The molecule has 2 N–H and O–H groups in total. The molecule has 4 heteroatoms. The first kappa shape index (κ1) is 15.6. The second kappa shape index (κ2) is 8.46. The quantitative estimate of drug-likeness (QED) is 0.584. The SMILES string of the molecule is C#CCNCC(=O)NCC(c1ccccc1)N1CCCC1. The van der Waals surface area contributed by atoms with Crippen LogP contribution in [-0.4, -0.2) is 43.5 Å². The number of amides is 1. The van der Waals surface area contributed by atoms with Crippen molar-refractivity contribution in [2.24, 2.45) is 0 Å². The number of hydrogen-bond acceptors (Lipinski definition) is 3. The Hall–Kier alpha value is -1.83. The minimum absolute atomic E-state index is 0.00891. The third-order valence-electron chi connectivity index (χ3n) is 3.77. The van der Waals surface area contributed by atoms with Gasteiger partial charge in [0.15, 0.2) is 0 Å². The van der Waals surface area contributed by atoms with Crippen LogP contribution in [0.2, 0.25) is 0 Å². The van der Waals surface area contributed by atoms with E-state index in [4.69, 9.17) is 6.42 Å². The minimum atomic E-state index is -0.00891. The van der Waals surface area contributed by atoms with Gasteiger partial charge in [0.05, 0.1) is 19.1 Å². The summed E-state index contributed by atoms with van der Waals surface area (Å²) in [6, 6.07) is 10.6. The Bertz CT molecular complexity index is 475. The number of benzene rings is 1. The van der Waals surface area contributed by atoms with Crippen molar-refractivity contribution in [1.82, 2.24) is 15.5 Å². The van der Waals surface area contributed by atoms with E-state index in [2.05, 4.69) is 45.7 Å². The molecule has 0 spiro atoms. The lowest BCUT2D eigenvalue weighted by Crippen LogP contribution is -2.40. The van der Waals surface area contributed by atoms with Crippen LogP contribution in [0.4, 0.5) is 0 Å². The molecule has 1 aromatic rings. The summed E-state index contributed by atoms with van der Waals surface area (Å²) in [6.07, 6.45) is 7.62. The summed E-state index contributed by atoms with van der Waals surface area (Å²) in [5, 5.41) is 5.91. The Kier molecular flexibility index (Phi) is 6.26. The van der Waals surface area contributed by atoms with Gasteiger partial charge in [-0.1, -0.05) is 36.3 Å². The van der Waals surface area contributed by atoms with Gasteiger partial charge in [-0.25, -0.2) is 0 Å². The van der Waals surface area contributed by atoms with Gasteiger partial charge in [0, 0.05) is 6.54 Å². The number of nitrogens with one attached hydrogen (secondary N) is 2. The van der Waals surface area contributed by atoms with Gasteiger partial charge < -0.3 is 5.32 Å². The molecule has 4 nitrogen and oxygen atoms in total. The largest absolute Gasteiger partial charge is 0.353 e. The number of carbonyl (C=O) groups is 1. The number of hydrogen-bond donors (Lipinski definition) is 2. The molecule has 0 radical (unpaired) electrons. The van der Waals surface area contributed by atoms with Gasteiger partial charge in [-0.2, -0.15) is 0 Å². The molecular weight excluding hydrogens is 262 g/mol. The number of terminal acetylenes is 1. The molecule has 0 aromatic heterocycles. The Morgan fingerprint density at radius 3 is 2.67 bits per heavy atom. The molecule has 1 unspecified atom stereocenters. The second-order valence-electron chi connectivity index (χ2n) is 5.28. The van der Waals surface area contributed by atoms with Crippen LogP contribution in [0.25, 0.3) is 0 Å². The highest BCUT2D eigenvalue weighted by Gasteiger charge is 2.23. The Morgan fingerprint density at radius 1 is 1.29 bits per heavy atom. The van der Waals surface area contributed by atoms with E-state index in [0.717, 1.165) is 13.1 Å². The molecule has 1 aliphatic rings. The molecule has 1 aliphatic heterocycles. The van der Waals surface area contributed by atoms with Gasteiger partial charge in [-0.3, -0.25) is 15.0 Å². The summed E-state index contributed by atoms with van der Waals surface area (Å²) in [4.78, 5) is 14.3. The molecular formula is C17H23N3O. The van der Waals surface area contributed by atoms with Crippen molar-refractivity contribution in [1.29, 1.82) is 0 Å². The molecule has 1 fully saturated rings. The van der Waals surface area contributed by atoms with Gasteiger partial charge in [0.25, 0.3) is 0 Å². The van der Waals surface area contributed by atoms with Crippen molar-refractivity contribution < 1.29 is 4.79 Å². The molecule has 1 amide bonds. The maximum atomic E-state index is 11.8. The number of likely N-dealkylation sites (tertiary alicyclic amines) is 1. The third kappa shape index (κ3) is 4.89. The van der Waals surface area contributed by atoms with Gasteiger partial charge >= 0.3 is 0 Å². The molecule has 1 heterocycles. The van der Waals surface area contributed by atoms with Crippen molar-refractivity contribution in [2.45, 2.75) is 18.9 Å². The zero-order valence-corrected chi connectivity index (χ0v) is 12.3. The highest BCUT2D eigenvalue weighted by molar-refractivity contribution is 5.78. The fourth-order valence-electron chi connectivity index (χ4n) is 2.71. The number of rotatable bonds is 7. The van der Waals surface area contributed by atoms with Gasteiger partial charge in [0.2, 0.25) is 5.91 Å². The zero-order valence-electron chi connectivity index (χ0n) is 12.3. The Labute approximate surface area is 126 Å². The fraction of sp³-hybridized carbons (Fsp3) is 0.471. The van der Waals surface area contributed by atoms with E-state index in [1.165, 1.54) is 18.4 Å². The molecule has 112 valence electrons. The lowest BCUT2D eigenvalue weighted by atomic mass is 10.1. The van der Waals surface area contributed by atoms with E-state index in [9.17, 15) is 4.79 Å². The number of nitrogens with zero attached hydrogens (tertiary/aromatic N) is 1. The van der Waals surface area contributed by atoms with Gasteiger partial charge in [-0.05, 0) is 31.5 Å². The van der Waals surface area contributed by atoms with Crippen LogP contribution < -0.4 is 10.6 Å². The van der Waals surface area contributed by atoms with Crippen LogP contribution in [0.5, 0.6) is 0 Å². The summed E-state index contributed by atoms with van der Waals surface area (Å²) in [7, 11) is 0. The summed E-state index contributed by atoms with van der Waals surface area (Å²) >= 11 is 0. The second-order valence-corrected chi connectivity index (χ2v) is 5.28. The molecule has 0 aliphatic carbocycles. The maximum absolute atomic E-state index is 11.8. The summed E-state index contributed by atoms with van der Waals surface area (Å²) in [5.41, 5.74) is 1.26. The first-order valence-electron chi connectivity index (χ1n) is 7.51. The predicted octanol–water partition coefficient (Wildman–Crippen LogP) is 1.16. The lowest BCUT2D eigenvalue weighted by molar-refractivity contribution is -0.120. The third-order valence-corrected chi connectivity index (χ3v) is 3.77. The highest BCUT2D eigenvalue weighted by atomic mass is 16.1. The monoisotopic (exact) mass is 285 g/mol. The average molecular weight is 285 g/mol. The number of carbonyl (C=O) groups excluding carboxylic acids is 1. The van der Waals surface area contributed by atoms with Crippen LogP contribution in [0.3, 0.4) is 0 Å². The fourth-order valence-corrected chi connectivity index (χ4v) is 2.71. The minimum Gasteiger partial charge on any atom is -0.353 e. The normalized spacial score (nSPS) is 16.3.